The summed E-state index contributed by atoms with van der Waals surface area (Å²) in [6.45, 7) is 26.5. The van der Waals surface area contributed by atoms with E-state index in [9.17, 15) is 34.8 Å². The monoisotopic (exact) mass is 1880 g/mol. The smallest absolute Gasteiger partial charge is 0.135 e. The van der Waals surface area contributed by atoms with Gasteiger partial charge >= 0.3 is 0 Å². The highest BCUT2D eigenvalue weighted by Crippen LogP contribution is 2.32. The van der Waals surface area contributed by atoms with Crippen LogP contribution in [-0.4, -0.2) is 305 Å². The lowest BCUT2D eigenvalue weighted by atomic mass is 9.95. The number of aliphatic hydroxyl groups is 4. The number of carbonyl (C=O) groups excluding carboxylic acids is 3. The van der Waals surface area contributed by atoms with Gasteiger partial charge in [0.05, 0.1) is 37.6 Å². The molecule has 0 aromatic heterocycles. The second-order valence-electron chi connectivity index (χ2n) is 40.4. The van der Waals surface area contributed by atoms with Crippen molar-refractivity contribution in [1.82, 2.24) is 60.9 Å². The maximum atomic E-state index is 11.1. The lowest BCUT2D eigenvalue weighted by Gasteiger charge is -2.42. The van der Waals surface area contributed by atoms with E-state index in [1.165, 1.54) is 198 Å². The van der Waals surface area contributed by atoms with Crippen molar-refractivity contribution in [1.29, 1.82) is 0 Å². The predicted octanol–water partition coefficient (Wildman–Crippen LogP) is 14.8. The number of aliphatic hydroxyl groups excluding tert-OH is 4. The molecule has 13 aliphatic rings. The van der Waals surface area contributed by atoms with Crippen molar-refractivity contribution < 1.29 is 49.0 Å². The number of carbonyl (C=O) groups is 3. The molecule has 9 heterocycles. The van der Waals surface area contributed by atoms with Crippen LogP contribution in [0.2, 0.25) is 0 Å². The number of β-amino-alcohol motifs (C(OH)–C–C–N with tert-alkyl or cyclic N) is 4. The van der Waals surface area contributed by atoms with Crippen LogP contribution in [-0.2, 0) is 28.6 Å². The number of piperazine rings is 1. The number of benzene rings is 6. The number of Topliss-reactive ketones (excluding diaryl/α,β-unsaturated/α-hetero) is 3. The fourth-order valence-electron chi connectivity index (χ4n) is 21.1. The van der Waals surface area contributed by atoms with Crippen LogP contribution < -0.4 is 32.3 Å². The molecule has 9 saturated heterocycles. The number of piperidine rings is 7. The van der Waals surface area contributed by atoms with E-state index in [1.807, 2.05) is 140 Å². The van der Waals surface area contributed by atoms with Crippen LogP contribution in [0.1, 0.15) is 269 Å². The van der Waals surface area contributed by atoms with Crippen LogP contribution in [0.5, 0.6) is 0 Å². The molecule has 23 heteroatoms. The number of rotatable bonds is 29. The number of nitrogens with two attached hydrogens (primary N) is 1. The Morgan fingerprint density at radius 2 is 0.632 bits per heavy atom. The fourth-order valence-corrected chi connectivity index (χ4v) is 21.1. The van der Waals surface area contributed by atoms with E-state index in [2.05, 4.69) is 103 Å². The van der Waals surface area contributed by atoms with Gasteiger partial charge < -0.3 is 81.7 Å². The van der Waals surface area contributed by atoms with E-state index >= 15 is 0 Å². The van der Waals surface area contributed by atoms with Gasteiger partial charge in [0, 0.05) is 212 Å². The molecule has 6 unspecified atom stereocenters. The van der Waals surface area contributed by atoms with Crippen molar-refractivity contribution in [2.24, 2.45) is 11.7 Å². The number of nitrogens with one attached hydrogen (secondary N) is 5. The highest BCUT2D eigenvalue weighted by atomic mass is 16.6. The lowest BCUT2D eigenvalue weighted by Crippen LogP contribution is -2.52. The molecule has 6 aromatic carbocycles. The largest absolute Gasteiger partial charge is 0.387 e. The van der Waals surface area contributed by atoms with Gasteiger partial charge in [-0.15, -0.1) is 0 Å². The quantitative estimate of drug-likeness (QED) is 0.0196. The first kappa shape index (κ1) is 110. The molecular weight excluding hydrogens is 1700 g/mol. The number of ether oxygens (including phenoxy) is 3. The van der Waals surface area contributed by atoms with Crippen LogP contribution in [0, 0.1) is 5.92 Å². The molecule has 754 valence electrons. The standard InChI is InChI=1S/C25H42N4O.2C18H28N2O.2C13H17NO2.C8H17NO.C8H8O.C5H9NO.C5H11N/c1-30-20-19-27-15-17-29(18-16-27)25(22-7-3-2-4-8-22)21-28-13-11-24(12-14-28)26-23-9-5-6-10-23;2*21-18(15-6-2-1-3-7-15)14-20-12-10-17(11-13-20)19-16-8-4-5-9-16;2*15-12-6-8-14(9-7-12)10-13(16)11-4-2-1-3-5-11;1-10-7-4-8-2-5-9-6-3-8;1-2-4-7(5-3-1)8-6-9-8;7-5-1-3-6-4-2-5;6-5-3-1-2-4-5/h2-4,7-8,23-26H,5-6,9-21H2,1H3;2*1-3,6-7,16-19,21H,4-5,8-14H2;2*1-5,13,16H,6-10H2;8-9H,2-7H2,1H3;1-5,8H,6H2;6H,1-4H2;5H,1-4,6H2. The first-order chi connectivity index (χ1) is 66.6. The summed E-state index contributed by atoms with van der Waals surface area (Å²) in [4.78, 5) is 49.7. The lowest BCUT2D eigenvalue weighted by molar-refractivity contribution is -0.122. The first-order valence-corrected chi connectivity index (χ1v) is 53.3. The predicted molar refractivity (Wildman–Crippen MR) is 551 cm³/mol. The number of methoxy groups -OCH3 is 2. The van der Waals surface area contributed by atoms with Gasteiger partial charge in [0.25, 0.3) is 0 Å². The van der Waals surface area contributed by atoms with E-state index in [1.54, 1.807) is 14.2 Å². The molecule has 4 saturated carbocycles. The molecule has 0 spiro atoms. The normalized spacial score (nSPS) is 22.7. The van der Waals surface area contributed by atoms with Crippen molar-refractivity contribution in [3.63, 3.8) is 0 Å². The average Bonchev–Trinajstić information content (AvgIpc) is 0.959. The molecule has 4 aliphatic carbocycles. The molecule has 136 heavy (non-hydrogen) atoms. The molecule has 19 rings (SSSR count). The van der Waals surface area contributed by atoms with Crippen LogP contribution in [0.3, 0.4) is 0 Å². The van der Waals surface area contributed by atoms with Gasteiger partial charge in [0.15, 0.2) is 0 Å². The molecule has 9 aliphatic heterocycles. The van der Waals surface area contributed by atoms with Gasteiger partial charge in [-0.05, 0) is 201 Å². The summed E-state index contributed by atoms with van der Waals surface area (Å²) in [6.07, 6.45) is 36.2. The van der Waals surface area contributed by atoms with Crippen LogP contribution in [0.25, 0.3) is 0 Å². The number of nitrogens with zero attached hydrogens (tertiary/aromatic N) is 7. The van der Waals surface area contributed by atoms with Gasteiger partial charge in [0.2, 0.25) is 0 Å². The second kappa shape index (κ2) is 64.9. The number of hydrogen-bond donors (Lipinski definition) is 10. The Morgan fingerprint density at radius 1 is 0.338 bits per heavy atom. The van der Waals surface area contributed by atoms with Crippen LogP contribution in [0.4, 0.5) is 0 Å². The Hall–Kier alpha value is -6.47. The number of epoxide rings is 1. The van der Waals surface area contributed by atoms with Crippen LogP contribution in [0.15, 0.2) is 182 Å². The maximum Gasteiger partial charge on any atom is 0.135 e. The summed E-state index contributed by atoms with van der Waals surface area (Å²) in [5, 5.41) is 58.7. The summed E-state index contributed by atoms with van der Waals surface area (Å²) < 4.78 is 15.4. The van der Waals surface area contributed by atoms with Crippen LogP contribution >= 0.6 is 0 Å². The maximum absolute atomic E-state index is 11.1. The van der Waals surface area contributed by atoms with Crippen molar-refractivity contribution >= 4 is 17.3 Å². The van der Waals surface area contributed by atoms with Crippen molar-refractivity contribution in [2.45, 2.75) is 278 Å². The summed E-state index contributed by atoms with van der Waals surface area (Å²) in [7, 11) is 3.58. The summed E-state index contributed by atoms with van der Waals surface area (Å²) >= 11 is 0. The highest BCUT2D eigenvalue weighted by Gasteiger charge is 2.33. The molecule has 23 nitrogen and oxygen atoms in total. The Morgan fingerprint density at radius 3 is 0.941 bits per heavy atom. The molecule has 6 atom stereocenters. The third-order valence-electron chi connectivity index (χ3n) is 29.9. The fraction of sp³-hybridized carbons (Fsp3) is 0.655. The molecule has 0 radical (unpaired) electrons. The topological polar surface area (TPSA) is 272 Å². The zero-order chi connectivity index (χ0) is 95.2. The summed E-state index contributed by atoms with van der Waals surface area (Å²) in [6, 6.07) is 66.4. The average molecular weight is 1880 g/mol. The van der Waals surface area contributed by atoms with Gasteiger partial charge in [-0.3, -0.25) is 34.0 Å². The summed E-state index contributed by atoms with van der Waals surface area (Å²) in [5.74, 6) is 2.00. The number of ketones is 3. The van der Waals surface area contributed by atoms with E-state index in [0.717, 1.165) is 203 Å². The zero-order valence-corrected chi connectivity index (χ0v) is 83.4. The van der Waals surface area contributed by atoms with E-state index in [0.29, 0.717) is 86.4 Å². The summed E-state index contributed by atoms with van der Waals surface area (Å²) in [5.41, 5.74) is 12.3. The van der Waals surface area contributed by atoms with Gasteiger partial charge in [-0.1, -0.05) is 233 Å². The minimum atomic E-state index is -0.450. The molecule has 6 aromatic rings. The third-order valence-corrected chi connectivity index (χ3v) is 29.9. The Bertz CT molecular complexity index is 3840. The molecule has 11 N–H and O–H groups in total. The van der Waals surface area contributed by atoms with Gasteiger partial charge in [-0.2, -0.15) is 0 Å². The van der Waals surface area contributed by atoms with Gasteiger partial charge in [-0.25, -0.2) is 0 Å². The van der Waals surface area contributed by atoms with Crippen molar-refractivity contribution in [3.05, 3.63) is 215 Å². The molecule has 0 bridgehead atoms. The molecule has 0 amide bonds. The third kappa shape index (κ3) is 43.5. The van der Waals surface area contributed by atoms with E-state index in [-0.39, 0.29) is 12.2 Å². The number of hydrogen-bond acceptors (Lipinski definition) is 23. The minimum absolute atomic E-state index is 0.338. The second-order valence-corrected chi connectivity index (χ2v) is 40.4. The SMILES string of the molecule is COCCC1CCNCC1.COCCN1CCN(C(CN2CCC(NC3CCCC3)CC2)c2ccccc2)CC1.NC1CCCC1.O=C1CCN(CC(O)c2ccccc2)CC1.O=C1CCN(CC(O)c2ccccc2)CC1.O=C1CCNCC1.OC(CN1CCC(NC2CCCC2)CC1)c1ccccc1.OC(CN1CCC(NC2CCCC2)CC1)c1ccccc1.c1ccc(C2CO2)cc1. The zero-order valence-electron chi connectivity index (χ0n) is 83.4. The molecule has 13 fully saturated rings. The van der Waals surface area contributed by atoms with Gasteiger partial charge in [0.1, 0.15) is 23.5 Å². The number of likely N-dealkylation sites (tertiary alicyclic amines) is 5. The minimum Gasteiger partial charge on any atom is -0.387 e. The van der Waals surface area contributed by atoms with E-state index in [4.69, 9.17) is 19.9 Å². The Labute approximate surface area is 818 Å². The first-order valence-electron chi connectivity index (χ1n) is 53.3. The van der Waals surface area contributed by atoms with Crippen molar-refractivity contribution in [3.8, 4) is 0 Å². The Balaban J connectivity index is 0.000000152. The molecular formula is C113H177N13O10. The van der Waals surface area contributed by atoms with Crippen molar-refractivity contribution in [2.75, 3.05) is 191 Å². The Kier molecular flexibility index (Phi) is 52.4. The van der Waals surface area contributed by atoms with E-state index < -0.39 is 12.2 Å². The highest BCUT2D eigenvalue weighted by molar-refractivity contribution is 5.80.